The molecule has 0 unspecified atom stereocenters. The number of hydrogen-bond donors (Lipinski definition) is 0. The van der Waals surface area contributed by atoms with E-state index in [1.807, 2.05) is 6.20 Å². The quantitative estimate of drug-likeness (QED) is 0.737. The Morgan fingerprint density at radius 2 is 2.20 bits per heavy atom. The van der Waals surface area contributed by atoms with Crippen molar-refractivity contribution in [3.05, 3.63) is 17.7 Å². The van der Waals surface area contributed by atoms with Gasteiger partial charge in [0.1, 0.15) is 5.82 Å². The van der Waals surface area contributed by atoms with E-state index in [-0.39, 0.29) is 0 Å². The Balaban J connectivity index is 2.08. The van der Waals surface area contributed by atoms with Gasteiger partial charge in [-0.25, -0.2) is 4.98 Å². The maximum Gasteiger partial charge on any atom is 0.109 e. The van der Waals surface area contributed by atoms with Gasteiger partial charge in [0.15, 0.2) is 0 Å². The van der Waals surface area contributed by atoms with E-state index >= 15 is 0 Å². The summed E-state index contributed by atoms with van der Waals surface area (Å²) >= 11 is 0. The summed E-state index contributed by atoms with van der Waals surface area (Å²) in [5.41, 5.74) is 1.35. The number of aromatic nitrogens is 2. The normalized spacial score (nSPS) is 17.1. The minimum Gasteiger partial charge on any atom is -0.329 e. The van der Waals surface area contributed by atoms with E-state index in [1.165, 1.54) is 37.2 Å². The molecule has 2 rings (SSSR count). The average molecular weight is 206 g/mol. The third kappa shape index (κ3) is 2.24. The van der Waals surface area contributed by atoms with Crippen molar-refractivity contribution in [2.75, 3.05) is 0 Å². The van der Waals surface area contributed by atoms with Gasteiger partial charge in [0.05, 0.1) is 0 Å². The van der Waals surface area contributed by atoms with Crippen molar-refractivity contribution in [3.63, 3.8) is 0 Å². The number of imidazole rings is 1. The van der Waals surface area contributed by atoms with Crippen LogP contribution < -0.4 is 0 Å². The fourth-order valence-corrected chi connectivity index (χ4v) is 2.24. The molecular weight excluding hydrogens is 184 g/mol. The lowest BCUT2D eigenvalue weighted by Crippen LogP contribution is -2.20. The van der Waals surface area contributed by atoms with Crippen LogP contribution in [-0.4, -0.2) is 9.55 Å². The van der Waals surface area contributed by atoms with Crippen LogP contribution in [0.1, 0.15) is 57.1 Å². The second-order valence-electron chi connectivity index (χ2n) is 5.20. The maximum absolute atomic E-state index is 4.55. The molecule has 1 fully saturated rings. The van der Waals surface area contributed by atoms with Gasteiger partial charge in [-0.3, -0.25) is 0 Å². The highest BCUT2D eigenvalue weighted by molar-refractivity contribution is 5.07. The lowest BCUT2D eigenvalue weighted by atomic mass is 9.92. The smallest absolute Gasteiger partial charge is 0.109 e. The molecule has 1 aliphatic carbocycles. The number of rotatable bonds is 4. The molecule has 2 nitrogen and oxygen atoms in total. The third-order valence-corrected chi connectivity index (χ3v) is 3.44. The minimum atomic E-state index is 0.759. The second-order valence-corrected chi connectivity index (χ2v) is 5.20. The zero-order valence-electron chi connectivity index (χ0n) is 10.2. The largest absolute Gasteiger partial charge is 0.329 e. The number of aryl methyl sites for hydroxylation is 2. The molecule has 84 valence electrons. The molecule has 1 heterocycles. The summed E-state index contributed by atoms with van der Waals surface area (Å²) in [6.45, 7) is 6.75. The van der Waals surface area contributed by atoms with Crippen molar-refractivity contribution < 1.29 is 0 Å². The van der Waals surface area contributed by atoms with Crippen molar-refractivity contribution in [2.45, 2.75) is 58.9 Å². The summed E-state index contributed by atoms with van der Waals surface area (Å²) in [6.07, 6.45) is 8.53. The lowest BCUT2D eigenvalue weighted by molar-refractivity contribution is 0.300. The number of hydrogen-bond acceptors (Lipinski definition) is 1. The lowest BCUT2D eigenvalue weighted by Gasteiger charge is -2.29. The predicted molar refractivity (Wildman–Crippen MR) is 63.0 cm³/mol. The van der Waals surface area contributed by atoms with Gasteiger partial charge in [-0.05, 0) is 38.5 Å². The Morgan fingerprint density at radius 1 is 1.47 bits per heavy atom. The zero-order valence-corrected chi connectivity index (χ0v) is 10.2. The summed E-state index contributed by atoms with van der Waals surface area (Å²) in [5.74, 6) is 2.09. The van der Waals surface area contributed by atoms with E-state index in [1.54, 1.807) is 0 Å². The van der Waals surface area contributed by atoms with E-state index in [0.29, 0.717) is 0 Å². The predicted octanol–water partition coefficient (Wildman–Crippen LogP) is 3.51. The van der Waals surface area contributed by atoms with E-state index in [2.05, 4.69) is 30.3 Å². The summed E-state index contributed by atoms with van der Waals surface area (Å²) in [6, 6.07) is 0.759. The monoisotopic (exact) mass is 206 g/mol. The Bertz CT molecular complexity index is 321. The highest BCUT2D eigenvalue weighted by Gasteiger charge is 2.23. The molecule has 0 N–H and O–H groups in total. The van der Waals surface area contributed by atoms with E-state index in [0.717, 1.165) is 18.4 Å². The molecular formula is C13H22N2. The Labute approximate surface area is 92.7 Å². The van der Waals surface area contributed by atoms with Crippen molar-refractivity contribution in [1.82, 2.24) is 9.55 Å². The zero-order chi connectivity index (χ0) is 10.8. The van der Waals surface area contributed by atoms with Crippen molar-refractivity contribution in [3.8, 4) is 0 Å². The molecule has 0 atom stereocenters. The molecule has 1 aliphatic rings. The molecule has 0 amide bonds. The first-order chi connectivity index (χ1) is 7.18. The van der Waals surface area contributed by atoms with Crippen LogP contribution in [0.3, 0.4) is 0 Å². The van der Waals surface area contributed by atoms with Crippen LogP contribution in [0.15, 0.2) is 6.20 Å². The van der Waals surface area contributed by atoms with E-state index in [9.17, 15) is 0 Å². The van der Waals surface area contributed by atoms with Crippen LogP contribution in [0.4, 0.5) is 0 Å². The topological polar surface area (TPSA) is 17.8 Å². The molecule has 1 saturated carbocycles. The highest BCUT2D eigenvalue weighted by atomic mass is 15.1. The first-order valence-electron chi connectivity index (χ1n) is 6.21. The molecule has 0 bridgehead atoms. The van der Waals surface area contributed by atoms with Crippen LogP contribution in [0.25, 0.3) is 0 Å². The second kappa shape index (κ2) is 4.38. The minimum absolute atomic E-state index is 0.759. The molecule has 1 aromatic heterocycles. The van der Waals surface area contributed by atoms with Crippen LogP contribution in [-0.2, 0) is 6.42 Å². The molecule has 0 saturated heterocycles. The fourth-order valence-electron chi connectivity index (χ4n) is 2.24. The van der Waals surface area contributed by atoms with Gasteiger partial charge in [-0.1, -0.05) is 13.8 Å². The Morgan fingerprint density at radius 3 is 2.73 bits per heavy atom. The molecule has 1 aromatic rings. The van der Waals surface area contributed by atoms with Gasteiger partial charge in [-0.15, -0.1) is 0 Å². The Kier molecular flexibility index (Phi) is 3.13. The standard InChI is InChI=1S/C13H22N2/c1-10(2)7-8-13-14-9-11(3)15(13)12-5-4-6-12/h9-10,12H,4-8H2,1-3H3. The van der Waals surface area contributed by atoms with Crippen molar-refractivity contribution in [2.24, 2.45) is 5.92 Å². The Hall–Kier alpha value is -0.790. The van der Waals surface area contributed by atoms with Gasteiger partial charge >= 0.3 is 0 Å². The van der Waals surface area contributed by atoms with Crippen LogP contribution in [0.2, 0.25) is 0 Å². The first-order valence-corrected chi connectivity index (χ1v) is 6.21. The molecule has 2 heteroatoms. The van der Waals surface area contributed by atoms with E-state index in [4.69, 9.17) is 0 Å². The molecule has 15 heavy (non-hydrogen) atoms. The van der Waals surface area contributed by atoms with Gasteiger partial charge in [0, 0.05) is 24.4 Å². The first kappa shape index (κ1) is 10.7. The van der Waals surface area contributed by atoms with Crippen LogP contribution in [0.5, 0.6) is 0 Å². The molecule has 0 radical (unpaired) electrons. The van der Waals surface area contributed by atoms with Crippen molar-refractivity contribution >= 4 is 0 Å². The summed E-state index contributed by atoms with van der Waals surface area (Å²) in [4.78, 5) is 4.55. The van der Waals surface area contributed by atoms with Crippen LogP contribution >= 0.6 is 0 Å². The van der Waals surface area contributed by atoms with E-state index < -0.39 is 0 Å². The third-order valence-electron chi connectivity index (χ3n) is 3.44. The summed E-state index contributed by atoms with van der Waals surface area (Å²) in [7, 11) is 0. The van der Waals surface area contributed by atoms with Gasteiger partial charge in [0.2, 0.25) is 0 Å². The van der Waals surface area contributed by atoms with Crippen LogP contribution in [0, 0.1) is 12.8 Å². The van der Waals surface area contributed by atoms with Crippen molar-refractivity contribution in [1.29, 1.82) is 0 Å². The van der Waals surface area contributed by atoms with Gasteiger partial charge < -0.3 is 4.57 Å². The molecule has 0 spiro atoms. The fraction of sp³-hybridized carbons (Fsp3) is 0.769. The summed E-state index contributed by atoms with van der Waals surface area (Å²) in [5, 5.41) is 0. The van der Waals surface area contributed by atoms with Gasteiger partial charge in [0.25, 0.3) is 0 Å². The summed E-state index contributed by atoms with van der Waals surface area (Å²) < 4.78 is 2.48. The van der Waals surface area contributed by atoms with Gasteiger partial charge in [-0.2, -0.15) is 0 Å². The highest BCUT2D eigenvalue weighted by Crippen LogP contribution is 2.33. The average Bonchev–Trinajstić information content (AvgIpc) is 2.43. The maximum atomic E-state index is 4.55. The number of nitrogens with zero attached hydrogens (tertiary/aromatic N) is 2. The SMILES string of the molecule is Cc1cnc(CCC(C)C)n1C1CCC1. The molecule has 0 aliphatic heterocycles. The molecule has 0 aromatic carbocycles.